The van der Waals surface area contributed by atoms with E-state index in [9.17, 15) is 4.79 Å². The molecule has 110 valence electrons. The van der Waals surface area contributed by atoms with E-state index in [0.717, 1.165) is 0 Å². The molecule has 0 fully saturated rings. The van der Waals surface area contributed by atoms with Crippen LogP contribution in [0.1, 0.15) is 34.6 Å². The highest BCUT2D eigenvalue weighted by Crippen LogP contribution is 2.17. The largest absolute Gasteiger partial charge is 0.489 e. The molecule has 19 heavy (non-hydrogen) atoms. The van der Waals surface area contributed by atoms with Crippen molar-refractivity contribution in [2.45, 2.75) is 34.6 Å². The lowest BCUT2D eigenvalue weighted by atomic mass is 10.2. The molecule has 0 spiro atoms. The van der Waals surface area contributed by atoms with Gasteiger partial charge in [0.25, 0.3) is 0 Å². The minimum absolute atomic E-state index is 0.225. The molecule has 5 heteroatoms. The number of hydrogen-bond acceptors (Lipinski definition) is 5. The van der Waals surface area contributed by atoms with Gasteiger partial charge < -0.3 is 15.2 Å². The molecule has 2 N–H and O–H groups in total. The molecule has 1 heterocycles. The van der Waals surface area contributed by atoms with Crippen molar-refractivity contribution >= 4 is 11.8 Å². The lowest BCUT2D eigenvalue weighted by Crippen LogP contribution is -2.20. The summed E-state index contributed by atoms with van der Waals surface area (Å²) in [5.74, 6) is 0.162. The van der Waals surface area contributed by atoms with E-state index in [1.807, 2.05) is 27.7 Å². The van der Waals surface area contributed by atoms with E-state index in [0.29, 0.717) is 11.6 Å². The molecule has 1 rings (SSSR count). The van der Waals surface area contributed by atoms with Crippen LogP contribution >= 0.6 is 0 Å². The second-order valence-electron chi connectivity index (χ2n) is 3.12. The zero-order chi connectivity index (χ0) is 15.3. The number of carbonyl (C=O) groups is 1. The Hall–Kier alpha value is -1.78. The van der Waals surface area contributed by atoms with Crippen molar-refractivity contribution in [3.63, 3.8) is 0 Å². The Bertz CT molecular complexity index is 343. The molecule has 5 nitrogen and oxygen atoms in total. The monoisotopic (exact) mass is 270 g/mol. The number of hydrogen-bond donors (Lipinski definition) is 1. The molecule has 1 atom stereocenters. The van der Waals surface area contributed by atoms with Crippen LogP contribution in [0.4, 0.5) is 5.82 Å². The second kappa shape index (κ2) is 12.7. The van der Waals surface area contributed by atoms with Crippen LogP contribution in [0.2, 0.25) is 0 Å². The molecule has 0 aliphatic carbocycles. The smallest absolute Gasteiger partial charge is 0.311 e. The van der Waals surface area contributed by atoms with Crippen molar-refractivity contribution in [3.8, 4) is 5.75 Å². The fraction of sp³-hybridized carbons (Fsp3) is 0.571. The van der Waals surface area contributed by atoms with Crippen LogP contribution in [0.3, 0.4) is 0 Å². The number of anilines is 1. The van der Waals surface area contributed by atoms with Crippen molar-refractivity contribution in [1.82, 2.24) is 4.98 Å². The molecule has 0 bridgehead atoms. The molecule has 1 unspecified atom stereocenters. The number of carbonyl (C=O) groups excluding carboxylic acids is 1. The first-order chi connectivity index (χ1) is 9.15. The molecule has 0 aromatic carbocycles. The molecule has 0 saturated heterocycles. The molecule has 0 aliphatic rings. The zero-order valence-electron chi connectivity index (χ0n) is 12.8. The number of aromatic nitrogens is 1. The maximum atomic E-state index is 11.1. The van der Waals surface area contributed by atoms with Gasteiger partial charge in [-0.25, -0.2) is 4.98 Å². The summed E-state index contributed by atoms with van der Waals surface area (Å²) < 4.78 is 9.90. The summed E-state index contributed by atoms with van der Waals surface area (Å²) >= 11 is 0. The van der Waals surface area contributed by atoms with Crippen molar-refractivity contribution in [2.75, 3.05) is 19.5 Å². The predicted octanol–water partition coefficient (Wildman–Crippen LogP) is 2.90. The molecule has 0 saturated carbocycles. The summed E-state index contributed by atoms with van der Waals surface area (Å²) in [6, 6.07) is 3.42. The van der Waals surface area contributed by atoms with Crippen LogP contribution in [0.15, 0.2) is 18.3 Å². The minimum Gasteiger partial charge on any atom is -0.489 e. The van der Waals surface area contributed by atoms with Crippen molar-refractivity contribution in [2.24, 2.45) is 5.92 Å². The highest BCUT2D eigenvalue weighted by atomic mass is 16.5. The molecule has 1 aromatic rings. The number of ether oxygens (including phenoxy) is 2. The van der Waals surface area contributed by atoms with Gasteiger partial charge in [0.05, 0.1) is 13.0 Å². The Balaban J connectivity index is 0. The summed E-state index contributed by atoms with van der Waals surface area (Å²) in [5.41, 5.74) is 5.56. The Kier molecular flexibility index (Phi) is 13.0. The van der Waals surface area contributed by atoms with Crippen LogP contribution in [-0.4, -0.2) is 24.7 Å². The van der Waals surface area contributed by atoms with Crippen molar-refractivity contribution in [3.05, 3.63) is 18.3 Å². The fourth-order valence-corrected chi connectivity index (χ4v) is 1.01. The quantitative estimate of drug-likeness (QED) is 0.851. The van der Waals surface area contributed by atoms with Crippen molar-refractivity contribution < 1.29 is 14.3 Å². The number of nitrogens with two attached hydrogens (primary N) is 1. The topological polar surface area (TPSA) is 74.4 Å². The first-order valence-electron chi connectivity index (χ1n) is 6.56. The van der Waals surface area contributed by atoms with Crippen LogP contribution < -0.4 is 10.5 Å². The lowest BCUT2D eigenvalue weighted by molar-refractivity contribution is -0.145. The van der Waals surface area contributed by atoms with E-state index >= 15 is 0 Å². The van der Waals surface area contributed by atoms with Crippen molar-refractivity contribution in [1.29, 1.82) is 0 Å². The number of esters is 1. The highest BCUT2D eigenvalue weighted by Gasteiger charge is 2.14. The number of methoxy groups -OCH3 is 1. The first-order valence-corrected chi connectivity index (χ1v) is 6.56. The zero-order valence-corrected chi connectivity index (χ0v) is 12.8. The van der Waals surface area contributed by atoms with E-state index in [2.05, 4.69) is 9.72 Å². The average Bonchev–Trinajstić information content (AvgIpc) is 2.49. The number of rotatable bonds is 4. The molecule has 0 radical (unpaired) electrons. The Morgan fingerprint density at radius 2 is 1.95 bits per heavy atom. The highest BCUT2D eigenvalue weighted by molar-refractivity contribution is 5.71. The van der Waals surface area contributed by atoms with E-state index in [1.54, 1.807) is 25.3 Å². The SMILES string of the molecule is CC.CC.COC(=O)C(C)COc1cccnc1N. The Labute approximate surface area is 116 Å². The van der Waals surface area contributed by atoms with Crippen LogP contribution in [0, 0.1) is 5.92 Å². The Morgan fingerprint density at radius 1 is 1.37 bits per heavy atom. The van der Waals surface area contributed by atoms with Crippen LogP contribution in [0.5, 0.6) is 5.75 Å². The van der Waals surface area contributed by atoms with Gasteiger partial charge >= 0.3 is 5.97 Å². The van der Waals surface area contributed by atoms with Gasteiger partial charge in [0.2, 0.25) is 0 Å². The number of nitrogen functional groups attached to an aromatic ring is 1. The number of pyridine rings is 1. The third-order valence-electron chi connectivity index (χ3n) is 1.89. The van der Waals surface area contributed by atoms with E-state index in [1.165, 1.54) is 7.11 Å². The average molecular weight is 270 g/mol. The normalized spacial score (nSPS) is 10.0. The standard InChI is InChI=1S/C10H14N2O3.2C2H6/c1-7(10(13)14-2)6-15-8-4-3-5-12-9(8)11;2*1-2/h3-5,7H,6H2,1-2H3,(H2,11,12);2*1-2H3. The molecular formula is C14H26N2O3. The molecule has 0 amide bonds. The summed E-state index contributed by atoms with van der Waals surface area (Å²) in [6.45, 7) is 9.95. The lowest BCUT2D eigenvalue weighted by Gasteiger charge is -2.11. The number of nitrogens with zero attached hydrogens (tertiary/aromatic N) is 1. The van der Waals surface area contributed by atoms with E-state index < -0.39 is 0 Å². The summed E-state index contributed by atoms with van der Waals surface area (Å²) in [4.78, 5) is 14.9. The minimum atomic E-state index is -0.324. The van der Waals surface area contributed by atoms with Gasteiger partial charge in [0.1, 0.15) is 6.61 Å². The van der Waals surface area contributed by atoms with Crippen LogP contribution in [-0.2, 0) is 9.53 Å². The Morgan fingerprint density at radius 3 is 2.42 bits per heavy atom. The third kappa shape index (κ3) is 8.02. The van der Waals surface area contributed by atoms with E-state index in [4.69, 9.17) is 10.5 Å². The van der Waals surface area contributed by atoms with Gasteiger partial charge in [-0.15, -0.1) is 0 Å². The second-order valence-corrected chi connectivity index (χ2v) is 3.12. The van der Waals surface area contributed by atoms with Gasteiger partial charge in [-0.2, -0.15) is 0 Å². The van der Waals surface area contributed by atoms with Crippen LogP contribution in [0.25, 0.3) is 0 Å². The van der Waals surface area contributed by atoms with E-state index in [-0.39, 0.29) is 18.5 Å². The fourth-order valence-electron chi connectivity index (χ4n) is 1.01. The summed E-state index contributed by atoms with van der Waals surface area (Å²) in [6.07, 6.45) is 1.58. The van der Waals surface area contributed by atoms with Gasteiger partial charge in [-0.05, 0) is 19.1 Å². The molecular weight excluding hydrogens is 244 g/mol. The summed E-state index contributed by atoms with van der Waals surface area (Å²) in [5, 5.41) is 0. The summed E-state index contributed by atoms with van der Waals surface area (Å²) in [7, 11) is 1.34. The van der Waals surface area contributed by atoms with Gasteiger partial charge in [0, 0.05) is 6.20 Å². The van der Waals surface area contributed by atoms with Gasteiger partial charge in [0.15, 0.2) is 11.6 Å². The van der Waals surface area contributed by atoms with Gasteiger partial charge in [-0.1, -0.05) is 27.7 Å². The molecule has 1 aromatic heterocycles. The first kappa shape index (κ1) is 19.6. The van der Waals surface area contributed by atoms with Gasteiger partial charge in [-0.3, -0.25) is 4.79 Å². The third-order valence-corrected chi connectivity index (χ3v) is 1.89. The predicted molar refractivity (Wildman–Crippen MR) is 78.0 cm³/mol. The maximum absolute atomic E-state index is 11.1. The maximum Gasteiger partial charge on any atom is 0.311 e. The molecule has 0 aliphatic heterocycles.